The molecule has 0 amide bonds. The first kappa shape index (κ1) is 22.0. The molecule has 29 heavy (non-hydrogen) atoms. The number of hydrogen-bond acceptors (Lipinski definition) is 4. The predicted molar refractivity (Wildman–Crippen MR) is 114 cm³/mol. The molecule has 0 aromatic heterocycles. The largest absolute Gasteiger partial charge is 0.508 e. The summed E-state index contributed by atoms with van der Waals surface area (Å²) in [6.45, 7) is 0. The molecule has 152 valence electrons. The van der Waals surface area contributed by atoms with E-state index in [4.69, 9.17) is 46.4 Å². The highest BCUT2D eigenvalue weighted by atomic mass is 35.5. The highest BCUT2D eigenvalue weighted by molar-refractivity contribution is 7.87. The van der Waals surface area contributed by atoms with Gasteiger partial charge in [-0.1, -0.05) is 70.7 Å². The van der Waals surface area contributed by atoms with Crippen molar-refractivity contribution in [2.24, 2.45) is 0 Å². The second-order valence-electron chi connectivity index (χ2n) is 6.10. The van der Waals surface area contributed by atoms with Crippen LogP contribution in [0, 0.1) is 0 Å². The van der Waals surface area contributed by atoms with Gasteiger partial charge in [-0.3, -0.25) is 4.55 Å². The standard InChI is InChI=1S/C19H12Cl4O5S/c20-14-6-4-11(9-16(14)25)19(29(26,27)28,10-2-1-3-12(24)8-10)13-5-7-15(21)18(23)17(13)22/h1-9,24-25H,(H,26,27,28). The van der Waals surface area contributed by atoms with Crippen molar-refractivity contribution >= 4 is 56.5 Å². The van der Waals surface area contributed by atoms with Crippen molar-refractivity contribution in [1.29, 1.82) is 0 Å². The third-order valence-corrected chi connectivity index (χ3v) is 7.49. The summed E-state index contributed by atoms with van der Waals surface area (Å²) in [5.74, 6) is -0.682. The van der Waals surface area contributed by atoms with Gasteiger partial charge in [0.05, 0.1) is 20.1 Å². The fourth-order valence-corrected chi connectivity index (χ4v) is 5.32. The Bertz CT molecular complexity index is 1210. The number of rotatable bonds is 4. The zero-order chi connectivity index (χ0) is 21.6. The second kappa shape index (κ2) is 7.87. The Labute approximate surface area is 186 Å². The normalized spacial score (nSPS) is 13.8. The van der Waals surface area contributed by atoms with Gasteiger partial charge >= 0.3 is 0 Å². The molecule has 5 nitrogen and oxygen atoms in total. The number of halogens is 4. The van der Waals surface area contributed by atoms with Crippen molar-refractivity contribution in [1.82, 2.24) is 0 Å². The van der Waals surface area contributed by atoms with Gasteiger partial charge in [-0.05, 0) is 41.5 Å². The van der Waals surface area contributed by atoms with Crippen molar-refractivity contribution in [2.75, 3.05) is 0 Å². The highest BCUT2D eigenvalue weighted by Gasteiger charge is 2.50. The summed E-state index contributed by atoms with van der Waals surface area (Å²) in [5.41, 5.74) is -0.279. The molecule has 3 N–H and O–H groups in total. The van der Waals surface area contributed by atoms with Crippen molar-refractivity contribution in [3.8, 4) is 11.5 Å². The molecule has 0 aliphatic carbocycles. The highest BCUT2D eigenvalue weighted by Crippen LogP contribution is 2.50. The van der Waals surface area contributed by atoms with Gasteiger partial charge in [-0.2, -0.15) is 8.42 Å². The van der Waals surface area contributed by atoms with Crippen LogP contribution in [0.2, 0.25) is 20.1 Å². The molecule has 10 heteroatoms. The van der Waals surface area contributed by atoms with E-state index in [1.54, 1.807) is 0 Å². The van der Waals surface area contributed by atoms with Gasteiger partial charge in [0.25, 0.3) is 10.1 Å². The van der Waals surface area contributed by atoms with Gasteiger partial charge < -0.3 is 10.2 Å². The van der Waals surface area contributed by atoms with Gasteiger partial charge in [0, 0.05) is 5.56 Å². The van der Waals surface area contributed by atoms with Crippen molar-refractivity contribution in [3.05, 3.63) is 91.4 Å². The lowest BCUT2D eigenvalue weighted by molar-refractivity contribution is 0.455. The molecule has 0 fully saturated rings. The van der Waals surface area contributed by atoms with E-state index in [0.717, 1.165) is 12.1 Å². The minimum Gasteiger partial charge on any atom is -0.508 e. The van der Waals surface area contributed by atoms with Crippen LogP contribution in [0.3, 0.4) is 0 Å². The van der Waals surface area contributed by atoms with Crippen molar-refractivity contribution in [3.63, 3.8) is 0 Å². The topological polar surface area (TPSA) is 94.8 Å². The molecule has 0 aliphatic heterocycles. The Morgan fingerprint density at radius 2 is 1.38 bits per heavy atom. The molecule has 1 unspecified atom stereocenters. The smallest absolute Gasteiger partial charge is 0.283 e. The number of aromatic hydroxyl groups is 2. The first-order valence-corrected chi connectivity index (χ1v) is 10.8. The lowest BCUT2D eigenvalue weighted by Gasteiger charge is -2.33. The average molecular weight is 494 g/mol. The van der Waals surface area contributed by atoms with Crippen LogP contribution in [-0.4, -0.2) is 23.2 Å². The average Bonchev–Trinajstić information content (AvgIpc) is 2.64. The molecular weight excluding hydrogens is 482 g/mol. The number of phenolic OH excluding ortho intramolecular Hbond substituents is 2. The second-order valence-corrected chi connectivity index (χ2v) is 9.23. The number of hydrogen-bond donors (Lipinski definition) is 3. The van der Waals surface area contributed by atoms with E-state index in [2.05, 4.69) is 0 Å². The third kappa shape index (κ3) is 3.65. The number of phenols is 2. The Hall–Kier alpha value is -1.67. The van der Waals surface area contributed by atoms with Crippen LogP contribution < -0.4 is 0 Å². The Morgan fingerprint density at radius 3 is 1.97 bits per heavy atom. The molecular formula is C19H12Cl4O5S. The van der Waals surface area contributed by atoms with E-state index in [-0.39, 0.29) is 42.5 Å². The number of benzene rings is 3. The minimum absolute atomic E-state index is 0.0332. The van der Waals surface area contributed by atoms with Crippen LogP contribution in [0.1, 0.15) is 16.7 Å². The predicted octanol–water partition coefficient (Wildman–Crippen LogP) is 5.89. The third-order valence-electron chi connectivity index (χ3n) is 4.41. The summed E-state index contributed by atoms with van der Waals surface area (Å²) in [5, 5.41) is 19.8. The van der Waals surface area contributed by atoms with Crippen molar-refractivity contribution < 1.29 is 23.2 Å². The molecule has 3 rings (SSSR count). The van der Waals surface area contributed by atoms with Gasteiger partial charge in [0.1, 0.15) is 11.5 Å². The molecule has 1 atom stereocenters. The Morgan fingerprint density at radius 1 is 0.759 bits per heavy atom. The minimum atomic E-state index is -5.04. The van der Waals surface area contributed by atoms with E-state index >= 15 is 0 Å². The molecule has 0 bridgehead atoms. The van der Waals surface area contributed by atoms with E-state index in [0.29, 0.717) is 0 Å². The summed E-state index contributed by atoms with van der Waals surface area (Å²) >= 11 is 24.4. The molecule has 0 heterocycles. The maximum atomic E-state index is 12.9. The molecule has 3 aromatic rings. The maximum absolute atomic E-state index is 12.9. The molecule has 3 aromatic carbocycles. The van der Waals surface area contributed by atoms with E-state index < -0.39 is 20.6 Å². The van der Waals surface area contributed by atoms with Crippen LogP contribution in [0.15, 0.2) is 54.6 Å². The lowest BCUT2D eigenvalue weighted by atomic mass is 9.83. The van der Waals surface area contributed by atoms with E-state index in [1.807, 2.05) is 0 Å². The van der Waals surface area contributed by atoms with E-state index in [1.165, 1.54) is 42.5 Å². The van der Waals surface area contributed by atoms with E-state index in [9.17, 15) is 23.2 Å². The summed E-state index contributed by atoms with van der Waals surface area (Å²) < 4.78 is 34.0. The molecule has 0 saturated carbocycles. The first-order chi connectivity index (χ1) is 13.5. The summed E-state index contributed by atoms with van der Waals surface area (Å²) in [6.07, 6.45) is 0. The molecule has 0 spiro atoms. The van der Waals surface area contributed by atoms with Gasteiger partial charge in [0.2, 0.25) is 0 Å². The quantitative estimate of drug-likeness (QED) is 0.239. The monoisotopic (exact) mass is 492 g/mol. The molecule has 0 radical (unpaired) electrons. The van der Waals surface area contributed by atoms with Crippen LogP contribution >= 0.6 is 46.4 Å². The van der Waals surface area contributed by atoms with Crippen LogP contribution in [0.5, 0.6) is 11.5 Å². The lowest BCUT2D eigenvalue weighted by Crippen LogP contribution is -2.38. The Balaban J connectivity index is 2.58. The summed E-state index contributed by atoms with van der Waals surface area (Å²) in [4.78, 5) is 0. The van der Waals surface area contributed by atoms with Crippen LogP contribution in [0.4, 0.5) is 0 Å². The first-order valence-electron chi connectivity index (χ1n) is 7.89. The SMILES string of the molecule is O=S(=O)(O)C(c1cccc(O)c1)(c1ccc(Cl)c(O)c1)c1ccc(Cl)c(Cl)c1Cl. The van der Waals surface area contributed by atoms with Gasteiger partial charge in [0.15, 0.2) is 4.75 Å². The fourth-order valence-electron chi connectivity index (χ4n) is 3.17. The van der Waals surface area contributed by atoms with Gasteiger partial charge in [-0.15, -0.1) is 0 Å². The van der Waals surface area contributed by atoms with Gasteiger partial charge in [-0.25, -0.2) is 0 Å². The maximum Gasteiger partial charge on any atom is 0.283 e. The zero-order valence-corrected chi connectivity index (χ0v) is 18.1. The van der Waals surface area contributed by atoms with Crippen LogP contribution in [0.25, 0.3) is 0 Å². The molecule has 0 aliphatic rings. The fraction of sp³-hybridized carbons (Fsp3) is 0.0526. The summed E-state index contributed by atoms with van der Waals surface area (Å²) in [6, 6.07) is 11.5. The van der Waals surface area contributed by atoms with Crippen molar-refractivity contribution in [2.45, 2.75) is 4.75 Å². The zero-order valence-electron chi connectivity index (χ0n) is 14.3. The van der Waals surface area contributed by atoms with Crippen LogP contribution in [-0.2, 0) is 14.9 Å². The summed E-state index contributed by atoms with van der Waals surface area (Å²) in [7, 11) is -5.04. The Kier molecular flexibility index (Phi) is 5.98. The molecule has 0 saturated heterocycles.